The molecule has 0 atom stereocenters. The molecule has 7 heteroatoms. The number of piperazine rings is 1. The van der Waals surface area contributed by atoms with E-state index in [1.165, 1.54) is 11.3 Å². The summed E-state index contributed by atoms with van der Waals surface area (Å²) in [4.78, 5) is 32.5. The summed E-state index contributed by atoms with van der Waals surface area (Å²) in [5, 5.41) is 0. The molecule has 0 saturated carbocycles. The highest BCUT2D eigenvalue weighted by Gasteiger charge is 2.28. The molecular weight excluding hydrogens is 374 g/mol. The largest absolute Gasteiger partial charge is 0.492 e. The fraction of sp³-hybridized carbons (Fsp3) is 0.429. The zero-order valence-corrected chi connectivity index (χ0v) is 17.5. The summed E-state index contributed by atoms with van der Waals surface area (Å²) in [6.07, 6.45) is 0. The number of hydrogen-bond acceptors (Lipinski definition) is 5. The fourth-order valence-electron chi connectivity index (χ4n) is 3.20. The lowest BCUT2D eigenvalue weighted by atomic mass is 10.2. The molecular formula is C21H27N3O3S. The van der Waals surface area contributed by atoms with Crippen molar-refractivity contribution >= 4 is 23.2 Å². The van der Waals surface area contributed by atoms with Crippen molar-refractivity contribution in [1.82, 2.24) is 14.7 Å². The monoisotopic (exact) mass is 401 g/mol. The molecule has 1 fully saturated rings. The van der Waals surface area contributed by atoms with E-state index in [9.17, 15) is 9.59 Å². The van der Waals surface area contributed by atoms with Crippen LogP contribution >= 0.6 is 11.3 Å². The third kappa shape index (κ3) is 4.72. The van der Waals surface area contributed by atoms with Gasteiger partial charge in [0.05, 0.1) is 13.2 Å². The Morgan fingerprint density at radius 3 is 2.32 bits per heavy atom. The summed E-state index contributed by atoms with van der Waals surface area (Å²) < 4.78 is 5.75. The Balaban J connectivity index is 1.72. The number of likely N-dealkylation sites (N-methyl/N-ethyl adjacent to an activating group) is 1. The van der Waals surface area contributed by atoms with Crippen LogP contribution in [0.5, 0.6) is 5.75 Å². The van der Waals surface area contributed by atoms with Gasteiger partial charge in [0.1, 0.15) is 10.6 Å². The van der Waals surface area contributed by atoms with E-state index in [0.717, 1.165) is 10.4 Å². The Morgan fingerprint density at radius 1 is 1.07 bits per heavy atom. The van der Waals surface area contributed by atoms with Crippen molar-refractivity contribution in [2.75, 3.05) is 53.4 Å². The summed E-state index contributed by atoms with van der Waals surface area (Å²) in [7, 11) is 3.77. The SMILES string of the molecule is CCOc1cc(-c2ccccc2)sc1C(=O)N1CCN(C(=O)CN(C)C)CC1. The third-order valence-electron chi connectivity index (χ3n) is 4.62. The molecule has 28 heavy (non-hydrogen) atoms. The van der Waals surface area contributed by atoms with E-state index < -0.39 is 0 Å². The second kappa shape index (κ2) is 9.21. The molecule has 1 aliphatic rings. The summed E-state index contributed by atoms with van der Waals surface area (Å²) in [5.74, 6) is 0.729. The highest BCUT2D eigenvalue weighted by Crippen LogP contribution is 2.37. The highest BCUT2D eigenvalue weighted by atomic mass is 32.1. The number of rotatable bonds is 6. The topological polar surface area (TPSA) is 53.1 Å². The van der Waals surface area contributed by atoms with E-state index in [1.807, 2.05) is 72.1 Å². The Kier molecular flexibility index (Phi) is 6.70. The maximum absolute atomic E-state index is 13.1. The molecule has 0 aliphatic carbocycles. The first-order chi connectivity index (χ1) is 13.5. The smallest absolute Gasteiger partial charge is 0.267 e. The van der Waals surface area contributed by atoms with Gasteiger partial charge in [0, 0.05) is 31.1 Å². The zero-order chi connectivity index (χ0) is 20.1. The van der Waals surface area contributed by atoms with Crippen molar-refractivity contribution in [3.8, 4) is 16.2 Å². The second-order valence-electron chi connectivity index (χ2n) is 7.01. The van der Waals surface area contributed by atoms with E-state index in [4.69, 9.17) is 4.74 Å². The van der Waals surface area contributed by atoms with Gasteiger partial charge in [-0.25, -0.2) is 0 Å². The Labute approximate surface area is 170 Å². The van der Waals surface area contributed by atoms with Crippen molar-refractivity contribution in [2.45, 2.75) is 6.92 Å². The van der Waals surface area contributed by atoms with Gasteiger partial charge in [-0.3, -0.25) is 9.59 Å². The molecule has 1 aromatic carbocycles. The van der Waals surface area contributed by atoms with Crippen LogP contribution in [0.2, 0.25) is 0 Å². The maximum atomic E-state index is 13.1. The summed E-state index contributed by atoms with van der Waals surface area (Å²) in [6.45, 7) is 5.05. The zero-order valence-electron chi connectivity index (χ0n) is 16.7. The minimum Gasteiger partial charge on any atom is -0.492 e. The molecule has 1 aliphatic heterocycles. The van der Waals surface area contributed by atoms with Crippen LogP contribution in [0, 0.1) is 0 Å². The van der Waals surface area contributed by atoms with Gasteiger partial charge in [-0.2, -0.15) is 0 Å². The Morgan fingerprint density at radius 2 is 1.71 bits per heavy atom. The van der Waals surface area contributed by atoms with Crippen LogP contribution in [-0.2, 0) is 4.79 Å². The summed E-state index contributed by atoms with van der Waals surface area (Å²) in [6, 6.07) is 12.0. The number of thiophene rings is 1. The van der Waals surface area contributed by atoms with Crippen LogP contribution in [-0.4, -0.2) is 79.9 Å². The predicted molar refractivity (Wildman–Crippen MR) is 112 cm³/mol. The van der Waals surface area contributed by atoms with Gasteiger partial charge >= 0.3 is 0 Å². The van der Waals surface area contributed by atoms with E-state index in [2.05, 4.69) is 0 Å². The van der Waals surface area contributed by atoms with Crippen LogP contribution in [0.1, 0.15) is 16.6 Å². The second-order valence-corrected chi connectivity index (χ2v) is 8.07. The third-order valence-corrected chi connectivity index (χ3v) is 5.77. The standard InChI is InChI=1S/C21H27N3O3S/c1-4-27-17-14-18(16-8-6-5-7-9-16)28-20(17)21(26)24-12-10-23(11-13-24)19(25)15-22(2)3/h5-9,14H,4,10-13,15H2,1-3H3. The molecule has 150 valence electrons. The van der Waals surface area contributed by atoms with Crippen molar-refractivity contribution in [3.63, 3.8) is 0 Å². The minimum absolute atomic E-state index is 0.0182. The Bertz CT molecular complexity index is 812. The molecule has 0 unspecified atom stereocenters. The first kappa shape index (κ1) is 20.4. The first-order valence-corrected chi connectivity index (χ1v) is 10.3. The molecule has 2 aromatic rings. The van der Waals surface area contributed by atoms with Crippen LogP contribution in [0.4, 0.5) is 0 Å². The normalized spacial score (nSPS) is 14.4. The van der Waals surface area contributed by atoms with Gasteiger partial charge in [-0.05, 0) is 32.6 Å². The van der Waals surface area contributed by atoms with Gasteiger partial charge in [-0.1, -0.05) is 30.3 Å². The van der Waals surface area contributed by atoms with Crippen molar-refractivity contribution in [2.24, 2.45) is 0 Å². The molecule has 6 nitrogen and oxygen atoms in total. The number of nitrogens with zero attached hydrogens (tertiary/aromatic N) is 3. The number of hydrogen-bond donors (Lipinski definition) is 0. The van der Waals surface area contributed by atoms with E-state index in [-0.39, 0.29) is 11.8 Å². The van der Waals surface area contributed by atoms with Crippen LogP contribution < -0.4 is 4.74 Å². The quantitative estimate of drug-likeness (QED) is 0.747. The van der Waals surface area contributed by atoms with Crippen LogP contribution in [0.15, 0.2) is 36.4 Å². The highest BCUT2D eigenvalue weighted by molar-refractivity contribution is 7.17. The number of amides is 2. The van der Waals surface area contributed by atoms with Crippen LogP contribution in [0.3, 0.4) is 0 Å². The van der Waals surface area contributed by atoms with E-state index in [1.54, 1.807) is 0 Å². The molecule has 0 N–H and O–H groups in total. The lowest BCUT2D eigenvalue weighted by molar-refractivity contribution is -0.133. The predicted octanol–water partition coefficient (Wildman–Crippen LogP) is 2.66. The van der Waals surface area contributed by atoms with Crippen LogP contribution in [0.25, 0.3) is 10.4 Å². The molecule has 0 bridgehead atoms. The Hall–Kier alpha value is -2.38. The van der Waals surface area contributed by atoms with Gasteiger partial charge in [0.25, 0.3) is 5.91 Å². The molecule has 1 aromatic heterocycles. The average Bonchev–Trinajstić information content (AvgIpc) is 3.12. The molecule has 0 radical (unpaired) electrons. The average molecular weight is 402 g/mol. The van der Waals surface area contributed by atoms with Crippen molar-refractivity contribution in [3.05, 3.63) is 41.3 Å². The number of ether oxygens (including phenoxy) is 1. The van der Waals surface area contributed by atoms with Gasteiger partial charge in [0.15, 0.2) is 0 Å². The van der Waals surface area contributed by atoms with Crippen molar-refractivity contribution < 1.29 is 14.3 Å². The van der Waals surface area contributed by atoms with Gasteiger partial charge in [0.2, 0.25) is 5.91 Å². The van der Waals surface area contributed by atoms with E-state index >= 15 is 0 Å². The molecule has 2 amide bonds. The lowest BCUT2D eigenvalue weighted by Crippen LogP contribution is -2.52. The first-order valence-electron chi connectivity index (χ1n) is 9.53. The number of carbonyl (C=O) groups excluding carboxylic acids is 2. The molecule has 0 spiro atoms. The summed E-state index contributed by atoms with van der Waals surface area (Å²) in [5.41, 5.74) is 1.08. The van der Waals surface area contributed by atoms with Crippen molar-refractivity contribution in [1.29, 1.82) is 0 Å². The lowest BCUT2D eigenvalue weighted by Gasteiger charge is -2.35. The minimum atomic E-state index is -0.0182. The van der Waals surface area contributed by atoms with Gasteiger partial charge in [-0.15, -0.1) is 11.3 Å². The number of benzene rings is 1. The fourth-order valence-corrected chi connectivity index (χ4v) is 4.28. The summed E-state index contributed by atoms with van der Waals surface area (Å²) >= 11 is 1.47. The number of carbonyl (C=O) groups is 2. The van der Waals surface area contributed by atoms with Gasteiger partial charge < -0.3 is 19.4 Å². The molecule has 2 heterocycles. The maximum Gasteiger partial charge on any atom is 0.267 e. The molecule has 1 saturated heterocycles. The molecule has 3 rings (SSSR count). The van der Waals surface area contributed by atoms with E-state index in [0.29, 0.717) is 50.0 Å².